The third kappa shape index (κ3) is 11.6. The van der Waals surface area contributed by atoms with E-state index in [1.807, 2.05) is 42.5 Å². The molecule has 0 N–H and O–H groups in total. The van der Waals surface area contributed by atoms with E-state index >= 15 is 0 Å². The highest BCUT2D eigenvalue weighted by atomic mass is 16.8. The van der Waals surface area contributed by atoms with Crippen molar-refractivity contribution in [3.8, 4) is 22.9 Å². The fraction of sp³-hybridized carbons (Fsp3) is 0.595. The summed E-state index contributed by atoms with van der Waals surface area (Å²) in [5, 5.41) is 8.72. The molecule has 1 saturated carbocycles. The van der Waals surface area contributed by atoms with Crippen LogP contribution in [0.4, 0.5) is 0 Å². The highest BCUT2D eigenvalue weighted by molar-refractivity contribution is 5.83. The molecule has 270 valence electrons. The first-order chi connectivity index (χ1) is 24.6. The van der Waals surface area contributed by atoms with Crippen LogP contribution in [0.15, 0.2) is 66.7 Å². The monoisotopic (exact) mass is 685 g/mol. The molecule has 0 radical (unpaired) electrons. The van der Waals surface area contributed by atoms with Crippen molar-refractivity contribution in [2.24, 2.45) is 11.8 Å². The van der Waals surface area contributed by atoms with E-state index in [0.717, 1.165) is 88.2 Å². The van der Waals surface area contributed by atoms with Crippen molar-refractivity contribution in [1.82, 2.24) is 0 Å². The number of carbonyl (C=O) groups is 2. The molecule has 2 heterocycles. The summed E-state index contributed by atoms with van der Waals surface area (Å²) < 4.78 is 31.0. The van der Waals surface area contributed by atoms with Gasteiger partial charge in [0.1, 0.15) is 11.5 Å². The highest BCUT2D eigenvalue weighted by Crippen LogP contribution is 2.36. The van der Waals surface area contributed by atoms with E-state index in [0.29, 0.717) is 69.2 Å². The summed E-state index contributed by atoms with van der Waals surface area (Å²) in [6.45, 7) is 1.14. The van der Waals surface area contributed by atoms with Gasteiger partial charge in [0.2, 0.25) is 0 Å². The van der Waals surface area contributed by atoms with Crippen molar-refractivity contribution in [3.63, 3.8) is 0 Å². The topological polar surface area (TPSA) is 104 Å². The van der Waals surface area contributed by atoms with Crippen LogP contribution in [0.3, 0.4) is 0 Å². The summed E-state index contributed by atoms with van der Waals surface area (Å²) in [4.78, 5) is 27.1. The largest absolute Gasteiger partial charge is 0.423 e. The van der Waals surface area contributed by atoms with Gasteiger partial charge in [-0.2, -0.15) is 5.26 Å². The zero-order valence-electron chi connectivity index (χ0n) is 29.6. The Morgan fingerprint density at radius 2 is 1.50 bits per heavy atom. The summed E-state index contributed by atoms with van der Waals surface area (Å²) >= 11 is 0. The first kappa shape index (κ1) is 37.9. The number of hydrogen-bond acceptors (Lipinski definition) is 8. The zero-order chi connectivity index (χ0) is 34.9. The summed E-state index contributed by atoms with van der Waals surface area (Å²) in [5.41, 5.74) is 2.11. The van der Waals surface area contributed by atoms with Crippen LogP contribution < -0.4 is 4.74 Å². The number of Topliss-reactive ketones (excluding diaryl/α,β-unsaturated/α-hetero) is 1. The van der Waals surface area contributed by atoms with Gasteiger partial charge in [-0.25, -0.2) is 4.79 Å². The fourth-order valence-electron chi connectivity index (χ4n) is 7.26. The van der Waals surface area contributed by atoms with Crippen molar-refractivity contribution in [2.45, 2.75) is 134 Å². The summed E-state index contributed by atoms with van der Waals surface area (Å²) in [6, 6.07) is 19.8. The normalized spacial score (nSPS) is 23.8. The molecule has 3 aliphatic rings. The van der Waals surface area contributed by atoms with Gasteiger partial charge in [0.05, 0.1) is 6.07 Å². The van der Waals surface area contributed by atoms with Crippen LogP contribution in [0, 0.1) is 23.2 Å². The minimum Gasteiger partial charge on any atom is -0.423 e. The van der Waals surface area contributed by atoms with Gasteiger partial charge in [-0.05, 0) is 106 Å². The van der Waals surface area contributed by atoms with Crippen LogP contribution in [0.25, 0.3) is 11.1 Å². The molecule has 1 aliphatic carbocycles. The first-order valence-electron chi connectivity index (χ1n) is 19.1. The Hall–Kier alpha value is -3.35. The van der Waals surface area contributed by atoms with Crippen LogP contribution in [0.1, 0.15) is 116 Å². The molecule has 2 aliphatic heterocycles. The van der Waals surface area contributed by atoms with Gasteiger partial charge in [-0.3, -0.25) is 4.79 Å². The molecule has 4 atom stereocenters. The number of benzene rings is 2. The summed E-state index contributed by atoms with van der Waals surface area (Å²) in [7, 11) is 0. The number of esters is 1. The summed E-state index contributed by atoms with van der Waals surface area (Å²) in [5.74, 6) is -1.16. The maximum absolute atomic E-state index is 14.2. The number of allylic oxidation sites excluding steroid dienone is 2. The lowest BCUT2D eigenvalue weighted by molar-refractivity contribution is -0.351. The van der Waals surface area contributed by atoms with Crippen LogP contribution in [0.2, 0.25) is 0 Å². The van der Waals surface area contributed by atoms with Gasteiger partial charge in [0.15, 0.2) is 12.6 Å². The lowest BCUT2D eigenvalue weighted by Crippen LogP contribution is -2.52. The molecule has 0 aromatic heterocycles. The molecule has 0 spiro atoms. The van der Waals surface area contributed by atoms with Crippen molar-refractivity contribution in [2.75, 3.05) is 13.2 Å². The third-order valence-corrected chi connectivity index (χ3v) is 10.1. The van der Waals surface area contributed by atoms with Gasteiger partial charge in [0, 0.05) is 38.4 Å². The second-order valence-electron chi connectivity index (χ2n) is 13.9. The molecule has 8 heteroatoms. The molecule has 0 amide bonds. The SMILES string of the molecule is N#CCCCCC/C=C/[C@H]1CCC(=O)[C@@H]1CCCCCC(OC1CCCCO1)(OC1CCCCO1)C(=O)Oc1ccc(-c2ccccc2)cc1. The van der Waals surface area contributed by atoms with Crippen molar-refractivity contribution in [3.05, 3.63) is 66.7 Å². The maximum atomic E-state index is 14.2. The zero-order valence-corrected chi connectivity index (χ0v) is 29.6. The molecule has 8 nitrogen and oxygen atoms in total. The van der Waals surface area contributed by atoms with E-state index in [1.165, 1.54) is 0 Å². The van der Waals surface area contributed by atoms with Crippen LogP contribution in [-0.2, 0) is 28.5 Å². The van der Waals surface area contributed by atoms with Crippen LogP contribution in [-0.4, -0.2) is 43.3 Å². The number of nitriles is 1. The van der Waals surface area contributed by atoms with Gasteiger partial charge in [-0.15, -0.1) is 0 Å². The second kappa shape index (κ2) is 20.5. The molecular weight excluding hydrogens is 630 g/mol. The predicted octanol–water partition coefficient (Wildman–Crippen LogP) is 9.62. The Morgan fingerprint density at radius 3 is 2.16 bits per heavy atom. The van der Waals surface area contributed by atoms with E-state index in [4.69, 9.17) is 28.9 Å². The lowest BCUT2D eigenvalue weighted by atomic mass is 9.89. The van der Waals surface area contributed by atoms with Gasteiger partial charge >= 0.3 is 5.97 Å². The second-order valence-corrected chi connectivity index (χ2v) is 13.9. The standard InChI is InChI=1S/C42H55NO7/c43-30-14-4-2-1-3-7-19-35-25-28-38(44)37(35)20-10-6-13-29-42(49-39-21-11-15-31-46-39,50-40-22-12-16-32-47-40)41(45)48-36-26-23-34(24-27-36)33-17-8-5-9-18-33/h5,7-9,17-19,23-24,26-27,35,37,39-40H,1-4,6,10-16,20-22,25,28-29,31-32H2/b19-7+/t35-,37+,39?,40?,42?/m0/s1. The van der Waals surface area contributed by atoms with E-state index in [1.54, 1.807) is 12.1 Å². The average molecular weight is 686 g/mol. The number of ether oxygens (including phenoxy) is 5. The number of rotatable bonds is 19. The Morgan fingerprint density at radius 1 is 0.820 bits per heavy atom. The van der Waals surface area contributed by atoms with Crippen LogP contribution in [0.5, 0.6) is 5.75 Å². The van der Waals surface area contributed by atoms with Crippen molar-refractivity contribution in [1.29, 1.82) is 5.26 Å². The van der Waals surface area contributed by atoms with Gasteiger partial charge in [-0.1, -0.05) is 73.9 Å². The van der Waals surface area contributed by atoms with Crippen molar-refractivity contribution < 1.29 is 33.3 Å². The predicted molar refractivity (Wildman–Crippen MR) is 192 cm³/mol. The molecule has 2 aromatic rings. The van der Waals surface area contributed by atoms with E-state index < -0.39 is 24.3 Å². The molecular formula is C42H55NO7. The molecule has 2 aromatic carbocycles. The summed E-state index contributed by atoms with van der Waals surface area (Å²) in [6.07, 6.45) is 18.2. The quantitative estimate of drug-likeness (QED) is 0.0473. The van der Waals surface area contributed by atoms with E-state index in [9.17, 15) is 9.59 Å². The number of unbranched alkanes of at least 4 members (excludes halogenated alkanes) is 6. The Kier molecular flexibility index (Phi) is 15.5. The van der Waals surface area contributed by atoms with Crippen LogP contribution >= 0.6 is 0 Å². The highest BCUT2D eigenvalue weighted by Gasteiger charge is 2.48. The molecule has 2 saturated heterocycles. The van der Waals surface area contributed by atoms with Gasteiger partial charge < -0.3 is 23.7 Å². The Bertz CT molecular complexity index is 1350. The number of nitrogens with zero attached hydrogens (tertiary/aromatic N) is 1. The lowest BCUT2D eigenvalue weighted by Gasteiger charge is -2.39. The molecule has 3 fully saturated rings. The minimum absolute atomic E-state index is 0.0530. The van der Waals surface area contributed by atoms with Crippen molar-refractivity contribution >= 4 is 11.8 Å². The Labute approximate surface area is 298 Å². The minimum atomic E-state index is -1.69. The fourth-order valence-corrected chi connectivity index (χ4v) is 7.26. The Balaban J connectivity index is 1.23. The number of hydrogen-bond donors (Lipinski definition) is 0. The number of ketones is 1. The molecule has 2 unspecified atom stereocenters. The molecule has 5 rings (SSSR count). The maximum Gasteiger partial charge on any atom is 0.372 e. The van der Waals surface area contributed by atoms with E-state index in [2.05, 4.69) is 18.2 Å². The smallest absolute Gasteiger partial charge is 0.372 e. The average Bonchev–Trinajstić information content (AvgIpc) is 3.50. The molecule has 50 heavy (non-hydrogen) atoms. The van der Waals surface area contributed by atoms with E-state index in [-0.39, 0.29) is 5.92 Å². The molecule has 0 bridgehead atoms. The number of carbonyl (C=O) groups excluding carboxylic acids is 2. The van der Waals surface area contributed by atoms with Gasteiger partial charge in [0.25, 0.3) is 5.79 Å². The third-order valence-electron chi connectivity index (χ3n) is 10.1. The first-order valence-corrected chi connectivity index (χ1v) is 19.1.